The Morgan fingerprint density at radius 2 is 2.05 bits per heavy atom. The molecule has 1 amide bonds. The predicted octanol–water partition coefficient (Wildman–Crippen LogP) is 1.33. The highest BCUT2D eigenvalue weighted by Gasteiger charge is 2.48. The largest absolute Gasteiger partial charge is 0.467 e. The highest BCUT2D eigenvalue weighted by atomic mass is 16.6. The molecule has 0 spiro atoms. The maximum absolute atomic E-state index is 12.1. The molecular weight excluding hydrogens is 262 g/mol. The first-order valence-electron chi connectivity index (χ1n) is 6.57. The quantitative estimate of drug-likeness (QED) is 0.625. The highest BCUT2D eigenvalue weighted by molar-refractivity contribution is 5.82. The number of hydrogen-bond donors (Lipinski definition) is 1. The molecule has 0 aromatic carbocycles. The molecule has 3 atom stereocenters. The number of aliphatic hydroxyl groups is 1. The first kappa shape index (κ1) is 16.5. The SMILES string of the molecule is C=CCC1C(O)CN(C(=O)OC(C)(C)C)[C@@H]1C(=O)OC. The van der Waals surface area contributed by atoms with Gasteiger partial charge in [0.1, 0.15) is 11.6 Å². The standard InChI is InChI=1S/C14H23NO5/c1-6-7-9-10(16)8-15(11(9)12(17)19-5)13(18)20-14(2,3)4/h6,9-11,16H,1,7-8H2,2-5H3/t9?,10?,11-/m0/s1. The lowest BCUT2D eigenvalue weighted by Gasteiger charge is -2.28. The Kier molecular flexibility index (Phi) is 5.16. The topological polar surface area (TPSA) is 76.1 Å². The van der Waals surface area contributed by atoms with E-state index < -0.39 is 35.7 Å². The van der Waals surface area contributed by atoms with Crippen LogP contribution in [0.4, 0.5) is 4.79 Å². The van der Waals surface area contributed by atoms with Crippen LogP contribution in [-0.2, 0) is 14.3 Å². The van der Waals surface area contributed by atoms with Gasteiger partial charge in [-0.15, -0.1) is 6.58 Å². The second-order valence-electron chi connectivity index (χ2n) is 5.86. The van der Waals surface area contributed by atoms with Crippen molar-refractivity contribution in [2.75, 3.05) is 13.7 Å². The molecule has 1 heterocycles. The normalized spacial score (nSPS) is 26.2. The van der Waals surface area contributed by atoms with Crippen molar-refractivity contribution >= 4 is 12.1 Å². The number of ether oxygens (including phenoxy) is 2. The lowest BCUT2D eigenvalue weighted by atomic mass is 9.94. The van der Waals surface area contributed by atoms with Crippen molar-refractivity contribution in [2.45, 2.75) is 44.9 Å². The van der Waals surface area contributed by atoms with Gasteiger partial charge in [-0.05, 0) is 27.2 Å². The Morgan fingerprint density at radius 3 is 2.50 bits per heavy atom. The van der Waals surface area contributed by atoms with Crippen LogP contribution in [-0.4, -0.2) is 53.5 Å². The van der Waals surface area contributed by atoms with Gasteiger partial charge in [0.05, 0.1) is 19.8 Å². The van der Waals surface area contributed by atoms with Gasteiger partial charge in [0.2, 0.25) is 0 Å². The van der Waals surface area contributed by atoms with E-state index in [9.17, 15) is 14.7 Å². The number of allylic oxidation sites excluding steroid dienone is 1. The van der Waals surface area contributed by atoms with Crippen LogP contribution in [0.1, 0.15) is 27.2 Å². The van der Waals surface area contributed by atoms with E-state index in [1.165, 1.54) is 12.0 Å². The Balaban J connectivity index is 2.96. The molecule has 20 heavy (non-hydrogen) atoms. The van der Waals surface area contributed by atoms with Crippen LogP contribution in [0.25, 0.3) is 0 Å². The number of rotatable bonds is 3. The van der Waals surface area contributed by atoms with Crippen LogP contribution in [0.15, 0.2) is 12.7 Å². The molecule has 1 aliphatic heterocycles. The summed E-state index contributed by atoms with van der Waals surface area (Å²) in [6, 6.07) is -0.845. The number of likely N-dealkylation sites (tertiary alicyclic amines) is 1. The van der Waals surface area contributed by atoms with Crippen molar-refractivity contribution in [3.05, 3.63) is 12.7 Å². The van der Waals surface area contributed by atoms with E-state index in [2.05, 4.69) is 6.58 Å². The van der Waals surface area contributed by atoms with Gasteiger partial charge < -0.3 is 14.6 Å². The van der Waals surface area contributed by atoms with Crippen LogP contribution in [0, 0.1) is 5.92 Å². The summed E-state index contributed by atoms with van der Waals surface area (Å²) in [5.41, 5.74) is -0.667. The third-order valence-corrected chi connectivity index (χ3v) is 3.13. The van der Waals surface area contributed by atoms with Crippen LogP contribution >= 0.6 is 0 Å². The van der Waals surface area contributed by atoms with Gasteiger partial charge in [-0.3, -0.25) is 4.90 Å². The van der Waals surface area contributed by atoms with Crippen molar-refractivity contribution in [1.29, 1.82) is 0 Å². The van der Waals surface area contributed by atoms with Crippen LogP contribution in [0.5, 0.6) is 0 Å². The Labute approximate surface area is 119 Å². The molecule has 1 aliphatic rings. The van der Waals surface area contributed by atoms with Crippen LogP contribution in [0.2, 0.25) is 0 Å². The van der Waals surface area contributed by atoms with Gasteiger partial charge in [0.15, 0.2) is 0 Å². The fourth-order valence-corrected chi connectivity index (χ4v) is 2.30. The summed E-state index contributed by atoms with van der Waals surface area (Å²) < 4.78 is 10.00. The molecule has 6 heteroatoms. The lowest BCUT2D eigenvalue weighted by molar-refractivity contribution is -0.147. The summed E-state index contributed by atoms with van der Waals surface area (Å²) in [5.74, 6) is -0.980. The van der Waals surface area contributed by atoms with Gasteiger partial charge in [-0.2, -0.15) is 0 Å². The maximum atomic E-state index is 12.1. The molecule has 6 nitrogen and oxygen atoms in total. The average Bonchev–Trinajstić information content (AvgIpc) is 2.65. The number of hydrogen-bond acceptors (Lipinski definition) is 5. The fourth-order valence-electron chi connectivity index (χ4n) is 2.30. The second kappa shape index (κ2) is 6.26. The number of carbonyl (C=O) groups is 2. The van der Waals surface area contributed by atoms with Gasteiger partial charge in [-0.25, -0.2) is 9.59 Å². The molecule has 1 rings (SSSR count). The third kappa shape index (κ3) is 3.72. The average molecular weight is 285 g/mol. The minimum absolute atomic E-state index is 0.0488. The van der Waals surface area contributed by atoms with E-state index in [0.29, 0.717) is 6.42 Å². The molecule has 0 bridgehead atoms. The van der Waals surface area contributed by atoms with E-state index in [-0.39, 0.29) is 6.54 Å². The van der Waals surface area contributed by atoms with Crippen molar-refractivity contribution < 1.29 is 24.2 Å². The first-order valence-corrected chi connectivity index (χ1v) is 6.57. The zero-order valence-corrected chi connectivity index (χ0v) is 12.5. The number of carbonyl (C=O) groups excluding carboxylic acids is 2. The minimum atomic E-state index is -0.845. The van der Waals surface area contributed by atoms with E-state index in [1.54, 1.807) is 26.8 Å². The molecule has 0 aromatic rings. The predicted molar refractivity (Wildman–Crippen MR) is 73.1 cm³/mol. The Morgan fingerprint density at radius 1 is 1.45 bits per heavy atom. The van der Waals surface area contributed by atoms with E-state index >= 15 is 0 Å². The molecule has 0 aliphatic carbocycles. The summed E-state index contributed by atoms with van der Waals surface area (Å²) in [6.45, 7) is 8.88. The number of nitrogens with zero attached hydrogens (tertiary/aromatic N) is 1. The zero-order valence-electron chi connectivity index (χ0n) is 12.5. The van der Waals surface area contributed by atoms with E-state index in [0.717, 1.165) is 0 Å². The second-order valence-corrected chi connectivity index (χ2v) is 5.86. The summed E-state index contributed by atoms with van der Waals surface area (Å²) in [5, 5.41) is 10.0. The number of methoxy groups -OCH3 is 1. The molecular formula is C14H23NO5. The van der Waals surface area contributed by atoms with Gasteiger partial charge >= 0.3 is 12.1 Å². The number of amides is 1. The Hall–Kier alpha value is -1.56. The fraction of sp³-hybridized carbons (Fsp3) is 0.714. The summed E-state index contributed by atoms with van der Waals surface area (Å²) >= 11 is 0. The molecule has 1 N–H and O–H groups in total. The summed E-state index contributed by atoms with van der Waals surface area (Å²) in [4.78, 5) is 25.3. The smallest absolute Gasteiger partial charge is 0.411 e. The van der Waals surface area contributed by atoms with Gasteiger partial charge in [0.25, 0.3) is 0 Å². The minimum Gasteiger partial charge on any atom is -0.467 e. The van der Waals surface area contributed by atoms with Crippen molar-refractivity contribution in [3.63, 3.8) is 0 Å². The summed E-state index contributed by atoms with van der Waals surface area (Å²) in [6.07, 6.45) is 0.603. The van der Waals surface area contributed by atoms with Crippen molar-refractivity contribution in [2.24, 2.45) is 5.92 Å². The monoisotopic (exact) mass is 285 g/mol. The number of esters is 1. The third-order valence-electron chi connectivity index (χ3n) is 3.13. The highest BCUT2D eigenvalue weighted by Crippen LogP contribution is 2.30. The number of β-amino-alcohol motifs (C(OH)–C–C–N with tert-alkyl or cyclic N) is 1. The number of aliphatic hydroxyl groups excluding tert-OH is 1. The Bertz CT molecular complexity index is 388. The molecule has 0 radical (unpaired) electrons. The van der Waals surface area contributed by atoms with E-state index in [4.69, 9.17) is 9.47 Å². The van der Waals surface area contributed by atoms with Crippen LogP contribution < -0.4 is 0 Å². The molecule has 2 unspecified atom stereocenters. The lowest BCUT2D eigenvalue weighted by Crippen LogP contribution is -2.46. The van der Waals surface area contributed by atoms with Crippen LogP contribution in [0.3, 0.4) is 0 Å². The molecule has 0 saturated carbocycles. The van der Waals surface area contributed by atoms with Crippen molar-refractivity contribution in [3.8, 4) is 0 Å². The summed E-state index contributed by atoms with van der Waals surface area (Å²) in [7, 11) is 1.26. The maximum Gasteiger partial charge on any atom is 0.411 e. The molecule has 1 saturated heterocycles. The van der Waals surface area contributed by atoms with Gasteiger partial charge in [0, 0.05) is 5.92 Å². The molecule has 1 fully saturated rings. The zero-order chi connectivity index (χ0) is 15.5. The van der Waals surface area contributed by atoms with Gasteiger partial charge in [-0.1, -0.05) is 6.08 Å². The van der Waals surface area contributed by atoms with Crippen molar-refractivity contribution in [1.82, 2.24) is 4.90 Å². The molecule has 0 aromatic heterocycles. The molecule has 114 valence electrons. The van der Waals surface area contributed by atoms with E-state index in [1.807, 2.05) is 0 Å². The first-order chi connectivity index (χ1) is 9.21.